The third-order valence-electron chi connectivity index (χ3n) is 3.18. The van der Waals surface area contributed by atoms with Crippen molar-refractivity contribution in [2.75, 3.05) is 13.1 Å². The average Bonchev–Trinajstić information content (AvgIpc) is 2.87. The molecule has 0 aromatic heterocycles. The van der Waals surface area contributed by atoms with Crippen molar-refractivity contribution in [3.63, 3.8) is 0 Å². The first-order chi connectivity index (χ1) is 6.21. The SMILES string of the molecule is CC1(C(=O)N[C@H]2CCCNC2)CC1. The van der Waals surface area contributed by atoms with E-state index in [1.165, 1.54) is 6.42 Å². The van der Waals surface area contributed by atoms with Crippen molar-refractivity contribution in [2.24, 2.45) is 5.41 Å². The molecule has 1 saturated heterocycles. The zero-order valence-corrected chi connectivity index (χ0v) is 8.23. The molecule has 1 saturated carbocycles. The Morgan fingerprint density at radius 2 is 2.31 bits per heavy atom. The molecule has 1 atom stereocenters. The van der Waals surface area contributed by atoms with Crippen LogP contribution in [0.3, 0.4) is 0 Å². The topological polar surface area (TPSA) is 41.1 Å². The molecule has 0 radical (unpaired) electrons. The fourth-order valence-electron chi connectivity index (χ4n) is 1.75. The van der Waals surface area contributed by atoms with Crippen LogP contribution in [0.25, 0.3) is 0 Å². The summed E-state index contributed by atoms with van der Waals surface area (Å²) >= 11 is 0. The van der Waals surface area contributed by atoms with Crippen LogP contribution in [0.2, 0.25) is 0 Å². The van der Waals surface area contributed by atoms with Gasteiger partial charge in [-0.15, -0.1) is 0 Å². The average molecular weight is 182 g/mol. The van der Waals surface area contributed by atoms with Crippen molar-refractivity contribution in [3.8, 4) is 0 Å². The van der Waals surface area contributed by atoms with Gasteiger partial charge in [0, 0.05) is 18.0 Å². The van der Waals surface area contributed by atoms with Gasteiger partial charge in [-0.3, -0.25) is 4.79 Å². The number of amides is 1. The van der Waals surface area contributed by atoms with Gasteiger partial charge in [-0.25, -0.2) is 0 Å². The van der Waals surface area contributed by atoms with Crippen molar-refractivity contribution >= 4 is 5.91 Å². The molecule has 0 aromatic carbocycles. The maximum Gasteiger partial charge on any atom is 0.226 e. The Balaban J connectivity index is 1.79. The molecule has 0 spiro atoms. The van der Waals surface area contributed by atoms with Crippen LogP contribution in [0.1, 0.15) is 32.6 Å². The second-order valence-electron chi connectivity index (χ2n) is 4.58. The highest BCUT2D eigenvalue weighted by Gasteiger charge is 2.45. The number of piperidine rings is 1. The van der Waals surface area contributed by atoms with E-state index in [0.29, 0.717) is 6.04 Å². The Bertz CT molecular complexity index is 205. The molecule has 2 rings (SSSR count). The van der Waals surface area contributed by atoms with Crippen LogP contribution in [0.15, 0.2) is 0 Å². The monoisotopic (exact) mass is 182 g/mol. The molecule has 3 heteroatoms. The maximum atomic E-state index is 11.7. The van der Waals surface area contributed by atoms with Crippen LogP contribution < -0.4 is 10.6 Å². The first kappa shape index (κ1) is 9.00. The molecule has 1 amide bonds. The smallest absolute Gasteiger partial charge is 0.226 e. The summed E-state index contributed by atoms with van der Waals surface area (Å²) in [6, 6.07) is 0.374. The predicted molar refractivity (Wildman–Crippen MR) is 51.4 cm³/mol. The number of rotatable bonds is 2. The minimum absolute atomic E-state index is 0.0164. The van der Waals surface area contributed by atoms with Crippen molar-refractivity contribution in [1.29, 1.82) is 0 Å². The fraction of sp³-hybridized carbons (Fsp3) is 0.900. The zero-order valence-electron chi connectivity index (χ0n) is 8.23. The van der Waals surface area contributed by atoms with Crippen molar-refractivity contribution in [2.45, 2.75) is 38.6 Å². The largest absolute Gasteiger partial charge is 0.352 e. The van der Waals surface area contributed by atoms with E-state index in [2.05, 4.69) is 17.6 Å². The Morgan fingerprint density at radius 3 is 2.85 bits per heavy atom. The molecule has 1 aliphatic carbocycles. The Labute approximate surface area is 79.3 Å². The third-order valence-corrected chi connectivity index (χ3v) is 3.18. The van der Waals surface area contributed by atoms with Gasteiger partial charge in [0.15, 0.2) is 0 Å². The number of nitrogens with one attached hydrogen (secondary N) is 2. The summed E-state index contributed by atoms with van der Waals surface area (Å²) in [4.78, 5) is 11.7. The highest BCUT2D eigenvalue weighted by molar-refractivity contribution is 5.85. The van der Waals surface area contributed by atoms with Gasteiger partial charge in [0.05, 0.1) is 0 Å². The summed E-state index contributed by atoms with van der Waals surface area (Å²) < 4.78 is 0. The Hall–Kier alpha value is -0.570. The quantitative estimate of drug-likeness (QED) is 0.658. The van der Waals surface area contributed by atoms with Crippen LogP contribution in [-0.4, -0.2) is 25.0 Å². The number of hydrogen-bond acceptors (Lipinski definition) is 2. The van der Waals surface area contributed by atoms with Crippen LogP contribution in [0.5, 0.6) is 0 Å². The molecule has 74 valence electrons. The lowest BCUT2D eigenvalue weighted by Gasteiger charge is -2.25. The first-order valence-corrected chi connectivity index (χ1v) is 5.22. The van der Waals surface area contributed by atoms with Crippen molar-refractivity contribution in [3.05, 3.63) is 0 Å². The lowest BCUT2D eigenvalue weighted by atomic mass is 10.0. The summed E-state index contributed by atoms with van der Waals surface area (Å²) in [5.74, 6) is 0.265. The van der Waals surface area contributed by atoms with Gasteiger partial charge < -0.3 is 10.6 Å². The van der Waals surface area contributed by atoms with E-state index in [1.54, 1.807) is 0 Å². The number of hydrogen-bond donors (Lipinski definition) is 2. The molecular weight excluding hydrogens is 164 g/mol. The van der Waals surface area contributed by atoms with Gasteiger partial charge in [0.1, 0.15) is 0 Å². The number of carbonyl (C=O) groups excluding carboxylic acids is 1. The lowest BCUT2D eigenvalue weighted by Crippen LogP contribution is -2.47. The first-order valence-electron chi connectivity index (χ1n) is 5.22. The van der Waals surface area contributed by atoms with Crippen molar-refractivity contribution in [1.82, 2.24) is 10.6 Å². The molecule has 2 N–H and O–H groups in total. The van der Waals surface area contributed by atoms with E-state index >= 15 is 0 Å². The molecule has 1 aliphatic heterocycles. The van der Waals surface area contributed by atoms with E-state index in [9.17, 15) is 4.79 Å². The fourth-order valence-corrected chi connectivity index (χ4v) is 1.75. The van der Waals surface area contributed by atoms with Crippen LogP contribution >= 0.6 is 0 Å². The van der Waals surface area contributed by atoms with E-state index in [4.69, 9.17) is 0 Å². The molecule has 0 bridgehead atoms. The molecule has 2 fully saturated rings. The lowest BCUT2D eigenvalue weighted by molar-refractivity contribution is -0.126. The van der Waals surface area contributed by atoms with Gasteiger partial charge in [-0.05, 0) is 32.2 Å². The summed E-state index contributed by atoms with van der Waals surface area (Å²) in [5, 5.41) is 6.42. The zero-order chi connectivity index (χ0) is 9.31. The molecular formula is C10H18N2O. The minimum atomic E-state index is -0.0164. The minimum Gasteiger partial charge on any atom is -0.352 e. The van der Waals surface area contributed by atoms with Gasteiger partial charge in [-0.2, -0.15) is 0 Å². The predicted octanol–water partition coefficient (Wildman–Crippen LogP) is 0.655. The van der Waals surface area contributed by atoms with E-state index in [0.717, 1.165) is 32.4 Å². The van der Waals surface area contributed by atoms with Crippen LogP contribution in [-0.2, 0) is 4.79 Å². The second kappa shape index (κ2) is 3.29. The standard InChI is InChI=1S/C10H18N2O/c1-10(4-5-10)9(13)12-8-3-2-6-11-7-8/h8,11H,2-7H2,1H3,(H,12,13)/t8-/m0/s1. The summed E-state index contributed by atoms with van der Waals surface area (Å²) in [6.07, 6.45) is 4.45. The summed E-state index contributed by atoms with van der Waals surface area (Å²) in [6.45, 7) is 4.10. The molecule has 3 nitrogen and oxygen atoms in total. The number of carbonyl (C=O) groups is 1. The molecule has 0 aromatic rings. The van der Waals surface area contributed by atoms with E-state index in [-0.39, 0.29) is 11.3 Å². The maximum absolute atomic E-state index is 11.7. The molecule has 2 aliphatic rings. The summed E-state index contributed by atoms with van der Waals surface area (Å²) in [7, 11) is 0. The van der Waals surface area contributed by atoms with Gasteiger partial charge in [-0.1, -0.05) is 6.92 Å². The normalized spacial score (nSPS) is 31.0. The van der Waals surface area contributed by atoms with Gasteiger partial charge in [0.2, 0.25) is 5.91 Å². The molecule has 13 heavy (non-hydrogen) atoms. The van der Waals surface area contributed by atoms with E-state index < -0.39 is 0 Å². The molecule has 1 heterocycles. The van der Waals surface area contributed by atoms with Gasteiger partial charge in [0.25, 0.3) is 0 Å². The van der Waals surface area contributed by atoms with Crippen LogP contribution in [0.4, 0.5) is 0 Å². The van der Waals surface area contributed by atoms with Gasteiger partial charge >= 0.3 is 0 Å². The Kier molecular flexibility index (Phi) is 2.28. The summed E-state index contributed by atoms with van der Waals surface area (Å²) in [5.41, 5.74) is -0.0164. The highest BCUT2D eigenvalue weighted by atomic mass is 16.2. The second-order valence-corrected chi connectivity index (χ2v) is 4.58. The van der Waals surface area contributed by atoms with E-state index in [1.807, 2.05) is 0 Å². The highest BCUT2D eigenvalue weighted by Crippen LogP contribution is 2.45. The third kappa shape index (κ3) is 2.02. The Morgan fingerprint density at radius 1 is 1.54 bits per heavy atom. The van der Waals surface area contributed by atoms with Crippen LogP contribution in [0, 0.1) is 5.41 Å². The van der Waals surface area contributed by atoms with Crippen molar-refractivity contribution < 1.29 is 4.79 Å². The molecule has 0 unspecified atom stereocenters.